The third-order valence-corrected chi connectivity index (χ3v) is 6.71. The molecule has 0 amide bonds. The monoisotopic (exact) mass is 485 g/mol. The number of aromatic nitrogens is 1. The van der Waals surface area contributed by atoms with Gasteiger partial charge in [-0.25, -0.2) is 4.79 Å². The minimum absolute atomic E-state index is 0.135. The van der Waals surface area contributed by atoms with Gasteiger partial charge in [0.25, 0.3) is 5.56 Å². The fourth-order valence-electron chi connectivity index (χ4n) is 3.73. The van der Waals surface area contributed by atoms with Gasteiger partial charge in [0.1, 0.15) is 10.4 Å². The maximum atomic E-state index is 13.6. The number of ether oxygens (including phenoxy) is 1. The van der Waals surface area contributed by atoms with E-state index in [1.54, 1.807) is 22.8 Å². The van der Waals surface area contributed by atoms with Gasteiger partial charge in [0.2, 0.25) is 0 Å². The van der Waals surface area contributed by atoms with Crippen molar-refractivity contribution in [3.8, 4) is 11.4 Å². The molecule has 0 aliphatic heterocycles. The van der Waals surface area contributed by atoms with Crippen molar-refractivity contribution in [2.75, 3.05) is 6.61 Å². The molecule has 4 aromatic rings. The van der Waals surface area contributed by atoms with Crippen LogP contribution in [0.25, 0.3) is 17.8 Å². The number of thiazole rings is 1. The molecule has 178 valence electrons. The van der Waals surface area contributed by atoms with Crippen LogP contribution in [0.15, 0.2) is 77.6 Å². The van der Waals surface area contributed by atoms with Crippen LogP contribution in [0, 0.1) is 0 Å². The second-order valence-corrected chi connectivity index (χ2v) is 9.13. The van der Waals surface area contributed by atoms with Crippen LogP contribution in [0.4, 0.5) is 0 Å². The quantitative estimate of drug-likeness (QED) is 0.407. The normalized spacial score (nSPS) is 12.2. The van der Waals surface area contributed by atoms with Gasteiger partial charge in [0, 0.05) is 5.56 Å². The summed E-state index contributed by atoms with van der Waals surface area (Å²) in [6, 6.07) is 23.5. The lowest BCUT2D eigenvalue weighted by Crippen LogP contribution is -2.30. The van der Waals surface area contributed by atoms with E-state index in [0.717, 1.165) is 28.8 Å². The molecule has 0 bridgehead atoms. The van der Waals surface area contributed by atoms with E-state index in [1.807, 2.05) is 42.5 Å². The van der Waals surface area contributed by atoms with E-state index in [2.05, 4.69) is 38.1 Å². The van der Waals surface area contributed by atoms with Gasteiger partial charge in [-0.2, -0.15) is 0 Å². The zero-order chi connectivity index (χ0) is 24.8. The molecule has 3 aromatic carbocycles. The third-order valence-electron chi connectivity index (χ3n) is 5.69. The number of hydrogen-bond donors (Lipinski definition) is 1. The summed E-state index contributed by atoms with van der Waals surface area (Å²) < 4.78 is 8.50. The van der Waals surface area contributed by atoms with E-state index < -0.39 is 12.6 Å². The molecule has 6 heteroatoms. The number of aliphatic carboxylic acids is 1. The Balaban J connectivity index is 1.89. The lowest BCUT2D eigenvalue weighted by molar-refractivity contribution is -0.139. The molecule has 1 N–H and O–H groups in total. The first-order valence-corrected chi connectivity index (χ1v) is 12.4. The van der Waals surface area contributed by atoms with Crippen LogP contribution in [0.3, 0.4) is 0 Å². The summed E-state index contributed by atoms with van der Waals surface area (Å²) in [5.74, 6) is -0.637. The number of carboxylic acids is 1. The molecule has 0 aliphatic rings. The number of carboxylic acid groups (broad SMARTS) is 1. The van der Waals surface area contributed by atoms with Crippen LogP contribution >= 0.6 is 11.3 Å². The number of benzene rings is 3. The van der Waals surface area contributed by atoms with Gasteiger partial charge in [-0.05, 0) is 59.9 Å². The largest absolute Gasteiger partial charge is 0.481 e. The summed E-state index contributed by atoms with van der Waals surface area (Å²) in [5.41, 5.74) is 4.79. The first kappa shape index (κ1) is 24.2. The Morgan fingerprint density at radius 2 is 1.54 bits per heavy atom. The Labute approximate surface area is 207 Å². The summed E-state index contributed by atoms with van der Waals surface area (Å²) in [7, 11) is 0. The Morgan fingerprint density at radius 1 is 0.914 bits per heavy atom. The van der Waals surface area contributed by atoms with Crippen molar-refractivity contribution >= 4 is 29.5 Å². The van der Waals surface area contributed by atoms with Gasteiger partial charge in [0.05, 0.1) is 10.2 Å². The highest BCUT2D eigenvalue weighted by Gasteiger charge is 2.10. The fourth-order valence-corrected chi connectivity index (χ4v) is 4.79. The van der Waals surface area contributed by atoms with Crippen molar-refractivity contribution < 1.29 is 14.6 Å². The van der Waals surface area contributed by atoms with Gasteiger partial charge < -0.3 is 9.84 Å². The molecule has 0 unspecified atom stereocenters. The Morgan fingerprint density at radius 3 is 2.17 bits per heavy atom. The van der Waals surface area contributed by atoms with Crippen LogP contribution in [-0.2, 0) is 17.6 Å². The van der Waals surface area contributed by atoms with Crippen LogP contribution < -0.4 is 19.5 Å². The molecule has 5 nitrogen and oxygen atoms in total. The lowest BCUT2D eigenvalue weighted by atomic mass is 10.1. The van der Waals surface area contributed by atoms with Gasteiger partial charge in [-0.15, -0.1) is 11.3 Å². The number of nitrogens with zero attached hydrogens (tertiary/aromatic N) is 1. The van der Waals surface area contributed by atoms with Crippen LogP contribution in [0.2, 0.25) is 0 Å². The summed E-state index contributed by atoms with van der Waals surface area (Å²) in [6.45, 7) is 3.77. The van der Waals surface area contributed by atoms with Gasteiger partial charge >= 0.3 is 5.97 Å². The number of carbonyl (C=O) groups is 1. The zero-order valence-electron chi connectivity index (χ0n) is 19.7. The molecule has 0 spiro atoms. The second kappa shape index (κ2) is 11.0. The summed E-state index contributed by atoms with van der Waals surface area (Å²) >= 11 is 1.39. The number of hydrogen-bond acceptors (Lipinski definition) is 4. The van der Waals surface area contributed by atoms with Crippen molar-refractivity contribution in [2.24, 2.45) is 0 Å². The number of aryl methyl sites for hydroxylation is 2. The Kier molecular flexibility index (Phi) is 7.63. The maximum Gasteiger partial charge on any atom is 0.341 e. The summed E-state index contributed by atoms with van der Waals surface area (Å²) in [5, 5.41) is 8.99. The Hall–Kier alpha value is -3.90. The highest BCUT2D eigenvalue weighted by Crippen LogP contribution is 2.18. The van der Waals surface area contributed by atoms with Crippen LogP contribution in [-0.4, -0.2) is 22.2 Å². The highest BCUT2D eigenvalue weighted by atomic mass is 32.1. The molecule has 0 fully saturated rings. The van der Waals surface area contributed by atoms with E-state index in [0.29, 0.717) is 15.8 Å². The van der Waals surface area contributed by atoms with E-state index in [9.17, 15) is 9.59 Å². The number of para-hydroxylation sites is 1. The highest BCUT2D eigenvalue weighted by molar-refractivity contribution is 7.07. The first-order chi connectivity index (χ1) is 17.0. The molecule has 0 atom stereocenters. The average molecular weight is 486 g/mol. The molecule has 1 heterocycles. The fraction of sp³-hybridized carbons (Fsp3) is 0.172. The molecule has 1 aromatic heterocycles. The van der Waals surface area contributed by atoms with Crippen molar-refractivity contribution in [3.05, 3.63) is 115 Å². The zero-order valence-corrected chi connectivity index (χ0v) is 20.5. The maximum absolute atomic E-state index is 13.6. The molecule has 4 rings (SSSR count). The Bertz CT molecular complexity index is 1500. The minimum atomic E-state index is -1.06. The van der Waals surface area contributed by atoms with Crippen LogP contribution in [0.5, 0.6) is 5.75 Å². The predicted molar refractivity (Wildman–Crippen MR) is 141 cm³/mol. The number of rotatable bonds is 8. The predicted octanol–water partition coefficient (Wildman–Crippen LogP) is 4.14. The standard InChI is InChI=1S/C29H27NO4S/c1-3-20-9-11-22(12-10-20)17-27-30(24-15-13-21(4-2)14-16-24)29(33)26(35-27)18-23-7-5-6-8-25(23)34-19-28(31)32/h5-18H,3-4,19H2,1-2H3,(H,31,32)/b26-18+,27-17-. The second-order valence-electron chi connectivity index (χ2n) is 8.07. The lowest BCUT2D eigenvalue weighted by Gasteiger charge is -2.06. The topological polar surface area (TPSA) is 68.5 Å². The molecule has 0 saturated heterocycles. The summed E-state index contributed by atoms with van der Waals surface area (Å²) in [6.07, 6.45) is 5.67. The molecular weight excluding hydrogens is 458 g/mol. The molecule has 0 saturated carbocycles. The van der Waals surface area contributed by atoms with E-state index >= 15 is 0 Å². The van der Waals surface area contributed by atoms with E-state index in [-0.39, 0.29) is 5.56 Å². The van der Waals surface area contributed by atoms with Gasteiger partial charge in [-0.3, -0.25) is 9.36 Å². The van der Waals surface area contributed by atoms with Crippen molar-refractivity contribution in [2.45, 2.75) is 26.7 Å². The van der Waals surface area contributed by atoms with Crippen LogP contribution in [0.1, 0.15) is 36.1 Å². The molecule has 35 heavy (non-hydrogen) atoms. The molecule has 0 radical (unpaired) electrons. The van der Waals surface area contributed by atoms with Crippen molar-refractivity contribution in [1.29, 1.82) is 0 Å². The van der Waals surface area contributed by atoms with Crippen molar-refractivity contribution in [3.63, 3.8) is 0 Å². The average Bonchev–Trinajstić information content (AvgIpc) is 3.18. The third kappa shape index (κ3) is 5.78. The van der Waals surface area contributed by atoms with Crippen molar-refractivity contribution in [1.82, 2.24) is 4.57 Å². The SMILES string of the molecule is CCc1ccc(/C=c2\s/c(=C/c3ccccc3OCC(=O)O)c(=O)n2-c2ccc(CC)cc2)cc1. The first-order valence-electron chi connectivity index (χ1n) is 11.6. The van der Waals surface area contributed by atoms with Gasteiger partial charge in [0.15, 0.2) is 6.61 Å². The van der Waals surface area contributed by atoms with E-state index in [1.165, 1.54) is 22.5 Å². The van der Waals surface area contributed by atoms with Gasteiger partial charge in [-0.1, -0.05) is 68.4 Å². The molecular formula is C29H27NO4S. The minimum Gasteiger partial charge on any atom is -0.481 e. The molecule has 0 aliphatic carbocycles. The smallest absolute Gasteiger partial charge is 0.341 e. The van der Waals surface area contributed by atoms with E-state index in [4.69, 9.17) is 9.84 Å². The summed E-state index contributed by atoms with van der Waals surface area (Å²) in [4.78, 5) is 24.6.